The van der Waals surface area contributed by atoms with Gasteiger partial charge in [-0.2, -0.15) is 0 Å². The minimum absolute atomic E-state index is 0.0356. The van der Waals surface area contributed by atoms with Gasteiger partial charge in [0.25, 0.3) is 5.91 Å². The molecule has 0 bridgehead atoms. The molecule has 0 fully saturated rings. The summed E-state index contributed by atoms with van der Waals surface area (Å²) in [5, 5.41) is 2.34. The van der Waals surface area contributed by atoms with Crippen molar-refractivity contribution in [2.45, 2.75) is 0 Å². The molecule has 0 aliphatic heterocycles. The van der Waals surface area contributed by atoms with Crippen LogP contribution in [-0.4, -0.2) is 12.5 Å². The van der Waals surface area contributed by atoms with Gasteiger partial charge in [0.05, 0.1) is 0 Å². The monoisotopic (exact) mass is 278 g/mol. The fourth-order valence-corrected chi connectivity index (χ4v) is 1.54. The predicted molar refractivity (Wildman–Crippen MR) is 71.3 cm³/mol. The van der Waals surface area contributed by atoms with Gasteiger partial charge >= 0.3 is 0 Å². The van der Waals surface area contributed by atoms with Crippen molar-refractivity contribution < 1.29 is 18.3 Å². The maximum atomic E-state index is 12.9. The molecule has 2 rings (SSSR count). The van der Waals surface area contributed by atoms with E-state index in [9.17, 15) is 13.6 Å². The zero-order chi connectivity index (χ0) is 14.5. The minimum atomic E-state index is -0.764. The summed E-state index contributed by atoms with van der Waals surface area (Å²) < 4.78 is 31.1. The van der Waals surface area contributed by atoms with E-state index in [1.807, 2.05) is 0 Å². The van der Waals surface area contributed by atoms with Crippen LogP contribution in [0.5, 0.6) is 5.75 Å². The molecule has 0 aliphatic rings. The lowest BCUT2D eigenvalue weighted by atomic mass is 10.3. The second-order valence-electron chi connectivity index (χ2n) is 4.06. The van der Waals surface area contributed by atoms with Crippen LogP contribution in [0.2, 0.25) is 0 Å². The smallest absolute Gasteiger partial charge is 0.262 e. The molecule has 1 amide bonds. The molecule has 0 saturated heterocycles. The van der Waals surface area contributed by atoms with Crippen molar-refractivity contribution in [3.8, 4) is 5.75 Å². The highest BCUT2D eigenvalue weighted by Crippen LogP contribution is 2.14. The number of hydrogen-bond donors (Lipinski definition) is 2. The van der Waals surface area contributed by atoms with Crippen molar-refractivity contribution in [2.75, 3.05) is 17.7 Å². The largest absolute Gasteiger partial charge is 0.484 e. The van der Waals surface area contributed by atoms with E-state index in [-0.39, 0.29) is 12.3 Å². The average Bonchev–Trinajstić information content (AvgIpc) is 2.37. The summed E-state index contributed by atoms with van der Waals surface area (Å²) in [6, 6.07) is 9.26. The second kappa shape index (κ2) is 6.01. The van der Waals surface area contributed by atoms with E-state index in [0.29, 0.717) is 11.4 Å². The summed E-state index contributed by atoms with van der Waals surface area (Å²) in [5.41, 5.74) is 6.12. The number of nitrogens with one attached hydrogen (secondary N) is 1. The second-order valence-corrected chi connectivity index (χ2v) is 4.06. The van der Waals surface area contributed by atoms with Gasteiger partial charge in [-0.1, -0.05) is 0 Å². The molecule has 0 heterocycles. The van der Waals surface area contributed by atoms with Gasteiger partial charge in [-0.25, -0.2) is 8.78 Å². The van der Waals surface area contributed by atoms with Crippen LogP contribution in [-0.2, 0) is 4.79 Å². The molecular weight excluding hydrogens is 266 g/mol. The number of hydrogen-bond acceptors (Lipinski definition) is 3. The minimum Gasteiger partial charge on any atom is -0.484 e. The molecular formula is C14H12F2N2O2. The van der Waals surface area contributed by atoms with E-state index >= 15 is 0 Å². The lowest BCUT2D eigenvalue weighted by Crippen LogP contribution is -2.20. The maximum absolute atomic E-state index is 12.9. The number of halogens is 2. The Bertz CT molecular complexity index is 595. The van der Waals surface area contributed by atoms with Gasteiger partial charge in [0.15, 0.2) is 6.61 Å². The number of amides is 1. The third-order valence-corrected chi connectivity index (χ3v) is 2.40. The summed E-state index contributed by atoms with van der Waals surface area (Å²) in [7, 11) is 0. The molecule has 0 aromatic heterocycles. The Balaban J connectivity index is 1.90. The number of carbonyl (C=O) groups excluding carboxylic acids is 1. The van der Waals surface area contributed by atoms with Crippen LogP contribution < -0.4 is 15.8 Å². The number of benzene rings is 2. The lowest BCUT2D eigenvalue weighted by molar-refractivity contribution is -0.118. The van der Waals surface area contributed by atoms with Gasteiger partial charge in [-0.3, -0.25) is 4.79 Å². The summed E-state index contributed by atoms with van der Waals surface area (Å²) in [4.78, 5) is 11.6. The van der Waals surface area contributed by atoms with Crippen molar-refractivity contribution in [3.63, 3.8) is 0 Å². The van der Waals surface area contributed by atoms with Crippen molar-refractivity contribution >= 4 is 17.3 Å². The summed E-state index contributed by atoms with van der Waals surface area (Å²) in [6.45, 7) is -0.276. The normalized spacial score (nSPS) is 10.1. The van der Waals surface area contributed by atoms with Crippen molar-refractivity contribution in [2.24, 2.45) is 0 Å². The first kappa shape index (κ1) is 13.8. The molecule has 2 aromatic carbocycles. The van der Waals surface area contributed by atoms with Crippen molar-refractivity contribution in [3.05, 3.63) is 54.1 Å². The Morgan fingerprint density at radius 3 is 2.30 bits per heavy atom. The van der Waals surface area contributed by atoms with Crippen LogP contribution in [0.15, 0.2) is 42.5 Å². The highest BCUT2D eigenvalue weighted by molar-refractivity contribution is 5.91. The Hall–Kier alpha value is -2.63. The van der Waals surface area contributed by atoms with E-state index in [2.05, 4.69) is 5.32 Å². The Kier molecular flexibility index (Phi) is 4.14. The van der Waals surface area contributed by atoms with E-state index in [0.717, 1.165) is 18.2 Å². The van der Waals surface area contributed by atoms with Crippen LogP contribution in [0, 0.1) is 11.6 Å². The summed E-state index contributed by atoms with van der Waals surface area (Å²) in [5.74, 6) is -1.58. The van der Waals surface area contributed by atoms with E-state index < -0.39 is 17.5 Å². The molecule has 20 heavy (non-hydrogen) atoms. The first-order valence-corrected chi connectivity index (χ1v) is 5.77. The van der Waals surface area contributed by atoms with E-state index in [4.69, 9.17) is 10.5 Å². The average molecular weight is 278 g/mol. The molecule has 0 aliphatic carbocycles. The van der Waals surface area contributed by atoms with Crippen LogP contribution in [0.1, 0.15) is 0 Å². The van der Waals surface area contributed by atoms with E-state index in [1.54, 1.807) is 24.3 Å². The number of nitrogen functional groups attached to an aromatic ring is 1. The van der Waals surface area contributed by atoms with Gasteiger partial charge in [0, 0.05) is 17.4 Å². The molecule has 6 heteroatoms. The highest BCUT2D eigenvalue weighted by Gasteiger charge is 2.06. The molecule has 4 nitrogen and oxygen atoms in total. The Morgan fingerprint density at radius 2 is 1.70 bits per heavy atom. The highest BCUT2D eigenvalue weighted by atomic mass is 19.1. The molecule has 104 valence electrons. The third kappa shape index (κ3) is 3.94. The van der Waals surface area contributed by atoms with Crippen molar-refractivity contribution in [1.82, 2.24) is 0 Å². The SMILES string of the molecule is Nc1ccc(OCC(=O)Nc2cc(F)cc(F)c2)cc1. The van der Waals surface area contributed by atoms with Gasteiger partial charge in [0.2, 0.25) is 0 Å². The maximum Gasteiger partial charge on any atom is 0.262 e. The fourth-order valence-electron chi connectivity index (χ4n) is 1.54. The topological polar surface area (TPSA) is 64.3 Å². The zero-order valence-corrected chi connectivity index (χ0v) is 10.4. The quantitative estimate of drug-likeness (QED) is 0.845. The number of ether oxygens (including phenoxy) is 1. The van der Waals surface area contributed by atoms with E-state index in [1.165, 1.54) is 0 Å². The van der Waals surface area contributed by atoms with Gasteiger partial charge in [-0.15, -0.1) is 0 Å². The molecule has 0 atom stereocenters. The summed E-state index contributed by atoms with van der Waals surface area (Å²) >= 11 is 0. The fraction of sp³-hybridized carbons (Fsp3) is 0.0714. The van der Waals surface area contributed by atoms with Crippen LogP contribution >= 0.6 is 0 Å². The number of carbonyl (C=O) groups is 1. The molecule has 0 saturated carbocycles. The number of rotatable bonds is 4. The van der Waals surface area contributed by atoms with Crippen molar-refractivity contribution in [1.29, 1.82) is 0 Å². The van der Waals surface area contributed by atoms with Gasteiger partial charge < -0.3 is 15.8 Å². The van der Waals surface area contributed by atoms with Gasteiger partial charge in [-0.05, 0) is 36.4 Å². The lowest BCUT2D eigenvalue weighted by Gasteiger charge is -2.08. The predicted octanol–water partition coefficient (Wildman–Crippen LogP) is 2.56. The molecule has 0 radical (unpaired) electrons. The molecule has 0 spiro atoms. The number of nitrogens with two attached hydrogens (primary N) is 1. The zero-order valence-electron chi connectivity index (χ0n) is 10.4. The first-order chi connectivity index (χ1) is 9.52. The van der Waals surface area contributed by atoms with Crippen LogP contribution in [0.4, 0.5) is 20.2 Å². The van der Waals surface area contributed by atoms with Gasteiger partial charge in [0.1, 0.15) is 17.4 Å². The summed E-state index contributed by atoms with van der Waals surface area (Å²) in [6.07, 6.45) is 0. The molecule has 3 N–H and O–H groups in total. The Morgan fingerprint density at radius 1 is 1.10 bits per heavy atom. The third-order valence-electron chi connectivity index (χ3n) is 2.40. The molecule has 2 aromatic rings. The standard InChI is InChI=1S/C14H12F2N2O2/c15-9-5-10(16)7-12(6-9)18-14(19)8-20-13-3-1-11(17)2-4-13/h1-7H,8,17H2,(H,18,19). The molecule has 0 unspecified atom stereocenters. The van der Waals surface area contributed by atoms with Crippen LogP contribution in [0.3, 0.4) is 0 Å². The first-order valence-electron chi connectivity index (χ1n) is 5.77. The Labute approximate surface area is 114 Å². The number of anilines is 2. The van der Waals surface area contributed by atoms with Crippen LogP contribution in [0.25, 0.3) is 0 Å².